The zero-order chi connectivity index (χ0) is 13.8. The van der Waals surface area contributed by atoms with E-state index in [1.807, 2.05) is 20.8 Å². The molecule has 1 aromatic rings. The number of aromatic amines is 1. The van der Waals surface area contributed by atoms with Crippen molar-refractivity contribution in [1.29, 1.82) is 0 Å². The Kier molecular flexibility index (Phi) is 4.67. The highest BCUT2D eigenvalue weighted by atomic mass is 16.3. The number of amides is 1. The van der Waals surface area contributed by atoms with Crippen LogP contribution < -0.4 is 10.9 Å². The summed E-state index contributed by atoms with van der Waals surface area (Å²) in [4.78, 5) is 25.9. The molecule has 0 aliphatic carbocycles. The molecule has 0 aliphatic rings. The molecule has 3 N–H and O–H groups in total. The molecular formula is C13H20N2O3. The third kappa shape index (κ3) is 3.70. The van der Waals surface area contributed by atoms with Gasteiger partial charge in [0.05, 0.1) is 0 Å². The monoisotopic (exact) mass is 252 g/mol. The predicted molar refractivity (Wildman–Crippen MR) is 69.5 cm³/mol. The number of aromatic nitrogens is 1. The number of hydrogen-bond donors (Lipinski definition) is 3. The summed E-state index contributed by atoms with van der Waals surface area (Å²) in [6.45, 7) is 5.92. The van der Waals surface area contributed by atoms with Crippen molar-refractivity contribution in [2.24, 2.45) is 5.41 Å². The molecule has 1 unspecified atom stereocenters. The van der Waals surface area contributed by atoms with Crippen molar-refractivity contribution >= 4 is 5.91 Å². The summed E-state index contributed by atoms with van der Waals surface area (Å²) in [5.74, 6) is -0.412. The van der Waals surface area contributed by atoms with Crippen LogP contribution in [0.5, 0.6) is 0 Å². The molecule has 0 saturated carbocycles. The fourth-order valence-electron chi connectivity index (χ4n) is 1.69. The Bertz CT molecular complexity index is 460. The molecule has 0 bridgehead atoms. The Morgan fingerprint density at radius 2 is 2.17 bits per heavy atom. The Hall–Kier alpha value is -1.62. The first-order chi connectivity index (χ1) is 8.36. The van der Waals surface area contributed by atoms with Crippen LogP contribution in [0.4, 0.5) is 0 Å². The summed E-state index contributed by atoms with van der Waals surface area (Å²) in [5, 5.41) is 11.8. The molecule has 1 atom stereocenters. The van der Waals surface area contributed by atoms with Crippen molar-refractivity contribution in [2.75, 3.05) is 6.61 Å². The van der Waals surface area contributed by atoms with Crippen molar-refractivity contribution in [3.05, 3.63) is 34.2 Å². The molecular weight excluding hydrogens is 232 g/mol. The van der Waals surface area contributed by atoms with Gasteiger partial charge in [0, 0.05) is 18.8 Å². The minimum absolute atomic E-state index is 0.00658. The maximum absolute atomic E-state index is 12.0. The van der Waals surface area contributed by atoms with Crippen LogP contribution in [0.2, 0.25) is 0 Å². The van der Waals surface area contributed by atoms with Crippen molar-refractivity contribution in [3.8, 4) is 0 Å². The summed E-state index contributed by atoms with van der Waals surface area (Å²) in [6.07, 6.45) is 1.94. The van der Waals surface area contributed by atoms with E-state index in [1.54, 1.807) is 6.07 Å². The van der Waals surface area contributed by atoms with Gasteiger partial charge in [-0.3, -0.25) is 9.59 Å². The van der Waals surface area contributed by atoms with Crippen LogP contribution >= 0.6 is 0 Å². The van der Waals surface area contributed by atoms with Crippen molar-refractivity contribution in [2.45, 2.75) is 33.2 Å². The summed E-state index contributed by atoms with van der Waals surface area (Å²) in [6, 6.07) is 2.90. The number of H-pyrrole nitrogens is 1. The number of hydrogen-bond acceptors (Lipinski definition) is 3. The fraction of sp³-hybridized carbons (Fsp3) is 0.538. The Labute approximate surface area is 106 Å². The molecule has 0 fully saturated rings. The van der Waals surface area contributed by atoms with Crippen LogP contribution in [-0.4, -0.2) is 28.6 Å². The van der Waals surface area contributed by atoms with Gasteiger partial charge < -0.3 is 15.4 Å². The third-order valence-corrected chi connectivity index (χ3v) is 2.83. The van der Waals surface area contributed by atoms with E-state index in [4.69, 9.17) is 5.11 Å². The molecule has 5 nitrogen and oxygen atoms in total. The quantitative estimate of drug-likeness (QED) is 0.744. The molecule has 0 aromatic carbocycles. The van der Waals surface area contributed by atoms with E-state index in [2.05, 4.69) is 10.3 Å². The van der Waals surface area contributed by atoms with Crippen molar-refractivity contribution in [3.63, 3.8) is 0 Å². The van der Waals surface area contributed by atoms with E-state index in [0.29, 0.717) is 6.42 Å². The van der Waals surface area contributed by atoms with Gasteiger partial charge in [0.2, 0.25) is 0 Å². The lowest BCUT2D eigenvalue weighted by Gasteiger charge is -2.31. The number of carbonyl (C=O) groups is 1. The van der Waals surface area contributed by atoms with Crippen LogP contribution in [0.25, 0.3) is 0 Å². The highest BCUT2D eigenvalue weighted by molar-refractivity contribution is 5.93. The smallest absolute Gasteiger partial charge is 0.260 e. The molecule has 0 radical (unpaired) electrons. The van der Waals surface area contributed by atoms with Gasteiger partial charge in [-0.05, 0) is 24.0 Å². The normalized spacial score (nSPS) is 13.1. The first-order valence-electron chi connectivity index (χ1n) is 5.95. The van der Waals surface area contributed by atoms with E-state index in [-0.39, 0.29) is 23.6 Å². The summed E-state index contributed by atoms with van der Waals surface area (Å²) >= 11 is 0. The second kappa shape index (κ2) is 5.82. The second-order valence-corrected chi connectivity index (χ2v) is 5.32. The second-order valence-electron chi connectivity index (χ2n) is 5.32. The molecule has 0 spiro atoms. The lowest BCUT2D eigenvalue weighted by Crippen LogP contribution is -2.45. The van der Waals surface area contributed by atoms with Gasteiger partial charge >= 0.3 is 0 Å². The largest absolute Gasteiger partial charge is 0.396 e. The average Bonchev–Trinajstić information content (AvgIpc) is 2.27. The molecule has 100 valence electrons. The van der Waals surface area contributed by atoms with E-state index < -0.39 is 11.5 Å². The van der Waals surface area contributed by atoms with Gasteiger partial charge in [-0.25, -0.2) is 0 Å². The lowest BCUT2D eigenvalue weighted by atomic mass is 9.85. The summed E-state index contributed by atoms with van der Waals surface area (Å²) in [7, 11) is 0. The number of aliphatic hydroxyl groups excluding tert-OH is 1. The number of carbonyl (C=O) groups excluding carboxylic acids is 1. The number of rotatable bonds is 4. The fourth-order valence-corrected chi connectivity index (χ4v) is 1.69. The first-order valence-corrected chi connectivity index (χ1v) is 5.95. The zero-order valence-electron chi connectivity index (χ0n) is 11.0. The number of nitrogens with one attached hydrogen (secondary N) is 2. The molecule has 1 amide bonds. The average molecular weight is 252 g/mol. The molecule has 5 heteroatoms. The van der Waals surface area contributed by atoms with Gasteiger partial charge in [0.1, 0.15) is 5.56 Å². The first kappa shape index (κ1) is 14.4. The summed E-state index contributed by atoms with van der Waals surface area (Å²) in [5.41, 5.74) is -0.503. The van der Waals surface area contributed by atoms with Gasteiger partial charge in [-0.1, -0.05) is 20.8 Å². The van der Waals surface area contributed by atoms with Crippen LogP contribution in [0.1, 0.15) is 37.6 Å². The minimum Gasteiger partial charge on any atom is -0.396 e. The molecule has 1 aromatic heterocycles. The van der Waals surface area contributed by atoms with Crippen LogP contribution in [0, 0.1) is 5.41 Å². The van der Waals surface area contributed by atoms with Crippen LogP contribution in [-0.2, 0) is 0 Å². The van der Waals surface area contributed by atoms with Crippen molar-refractivity contribution < 1.29 is 9.90 Å². The molecule has 1 rings (SSSR count). The van der Waals surface area contributed by atoms with Gasteiger partial charge in [0.25, 0.3) is 11.5 Å². The Morgan fingerprint density at radius 1 is 1.50 bits per heavy atom. The van der Waals surface area contributed by atoms with Crippen LogP contribution in [0.3, 0.4) is 0 Å². The molecule has 0 aliphatic heterocycles. The maximum Gasteiger partial charge on any atom is 0.260 e. The van der Waals surface area contributed by atoms with E-state index in [1.165, 1.54) is 12.3 Å². The Balaban J connectivity index is 2.86. The molecule has 1 heterocycles. The SMILES string of the molecule is CC(C)(C)C(CCO)NC(=O)c1ccc[nH]c1=O. The lowest BCUT2D eigenvalue weighted by molar-refractivity contribution is 0.0883. The zero-order valence-corrected chi connectivity index (χ0v) is 11.0. The number of aliphatic hydroxyl groups is 1. The third-order valence-electron chi connectivity index (χ3n) is 2.83. The molecule has 0 saturated heterocycles. The highest BCUT2D eigenvalue weighted by Gasteiger charge is 2.26. The van der Waals surface area contributed by atoms with Crippen molar-refractivity contribution in [1.82, 2.24) is 10.3 Å². The highest BCUT2D eigenvalue weighted by Crippen LogP contribution is 2.21. The topological polar surface area (TPSA) is 82.2 Å². The van der Waals surface area contributed by atoms with E-state index in [9.17, 15) is 9.59 Å². The molecule has 18 heavy (non-hydrogen) atoms. The van der Waals surface area contributed by atoms with E-state index >= 15 is 0 Å². The van der Waals surface area contributed by atoms with Crippen LogP contribution in [0.15, 0.2) is 23.1 Å². The minimum atomic E-state index is -0.412. The maximum atomic E-state index is 12.0. The van der Waals surface area contributed by atoms with Gasteiger partial charge in [-0.15, -0.1) is 0 Å². The van der Waals surface area contributed by atoms with Gasteiger partial charge in [0.15, 0.2) is 0 Å². The Morgan fingerprint density at radius 3 is 2.67 bits per heavy atom. The summed E-state index contributed by atoms with van der Waals surface area (Å²) < 4.78 is 0. The van der Waals surface area contributed by atoms with Gasteiger partial charge in [-0.2, -0.15) is 0 Å². The number of pyridine rings is 1. The predicted octanol–water partition coefficient (Wildman–Crippen LogP) is 0.902. The van der Waals surface area contributed by atoms with E-state index in [0.717, 1.165) is 0 Å². The standard InChI is InChI=1S/C13H20N2O3/c1-13(2,3)10(6-8-16)15-12(18)9-5-4-7-14-11(9)17/h4-5,7,10,16H,6,8H2,1-3H3,(H,14,17)(H,15,18).